The van der Waals surface area contributed by atoms with Crippen LogP contribution < -0.4 is 0 Å². The van der Waals surface area contributed by atoms with Gasteiger partial charge in [-0.15, -0.1) is 0 Å². The van der Waals surface area contributed by atoms with Gasteiger partial charge < -0.3 is 9.64 Å². The summed E-state index contributed by atoms with van der Waals surface area (Å²) in [5.41, 5.74) is 0.757. The first-order chi connectivity index (χ1) is 8.31. The third-order valence-electron chi connectivity index (χ3n) is 3.14. The van der Waals surface area contributed by atoms with Gasteiger partial charge in [-0.1, -0.05) is 18.2 Å². The molecule has 0 spiro atoms. The van der Waals surface area contributed by atoms with Crippen LogP contribution in [0.15, 0.2) is 30.3 Å². The summed E-state index contributed by atoms with van der Waals surface area (Å²) in [5, 5.41) is 0. The van der Waals surface area contributed by atoms with Gasteiger partial charge in [-0.2, -0.15) is 0 Å². The van der Waals surface area contributed by atoms with Crippen LogP contribution in [0.3, 0.4) is 0 Å². The Morgan fingerprint density at radius 3 is 2.76 bits per heavy atom. The van der Waals surface area contributed by atoms with E-state index < -0.39 is 0 Å². The summed E-state index contributed by atoms with van der Waals surface area (Å²) in [5.74, 6) is 0.101. The SMILES string of the molecule is CCN(CC1CCCO1)C(=O)c1ccccc1. The van der Waals surface area contributed by atoms with E-state index in [0.717, 1.165) is 31.6 Å². The van der Waals surface area contributed by atoms with Gasteiger partial charge in [0, 0.05) is 25.3 Å². The van der Waals surface area contributed by atoms with Crippen LogP contribution in [-0.2, 0) is 4.74 Å². The molecule has 0 aromatic heterocycles. The summed E-state index contributed by atoms with van der Waals surface area (Å²) in [6, 6.07) is 9.44. The zero-order valence-electron chi connectivity index (χ0n) is 10.3. The molecule has 0 bridgehead atoms. The van der Waals surface area contributed by atoms with Crippen molar-refractivity contribution >= 4 is 5.91 Å². The van der Waals surface area contributed by atoms with E-state index in [2.05, 4.69) is 0 Å². The standard InChI is InChI=1S/C14H19NO2/c1-2-15(11-13-9-6-10-17-13)14(16)12-7-4-3-5-8-12/h3-5,7-8,13H,2,6,9-11H2,1H3. The number of hydrogen-bond acceptors (Lipinski definition) is 2. The van der Waals surface area contributed by atoms with Gasteiger partial charge >= 0.3 is 0 Å². The molecule has 1 aromatic rings. The zero-order chi connectivity index (χ0) is 12.1. The van der Waals surface area contributed by atoms with Crippen LogP contribution in [0.5, 0.6) is 0 Å². The fraction of sp³-hybridized carbons (Fsp3) is 0.500. The van der Waals surface area contributed by atoms with Crippen molar-refractivity contribution < 1.29 is 9.53 Å². The van der Waals surface area contributed by atoms with E-state index in [4.69, 9.17) is 4.74 Å². The van der Waals surface area contributed by atoms with Crippen molar-refractivity contribution in [3.8, 4) is 0 Å². The van der Waals surface area contributed by atoms with Gasteiger partial charge in [-0.3, -0.25) is 4.79 Å². The van der Waals surface area contributed by atoms with Crippen LogP contribution in [0.4, 0.5) is 0 Å². The lowest BCUT2D eigenvalue weighted by molar-refractivity contribution is 0.0539. The van der Waals surface area contributed by atoms with E-state index in [1.54, 1.807) is 0 Å². The average molecular weight is 233 g/mol. The van der Waals surface area contributed by atoms with Crippen LogP contribution >= 0.6 is 0 Å². The first kappa shape index (κ1) is 12.1. The fourth-order valence-electron chi connectivity index (χ4n) is 2.15. The Morgan fingerprint density at radius 1 is 1.41 bits per heavy atom. The maximum Gasteiger partial charge on any atom is 0.253 e. The number of carbonyl (C=O) groups is 1. The van der Waals surface area contributed by atoms with Crippen molar-refractivity contribution in [3.05, 3.63) is 35.9 Å². The molecule has 92 valence electrons. The second kappa shape index (κ2) is 5.82. The normalized spacial score (nSPS) is 19.2. The van der Waals surface area contributed by atoms with Gasteiger partial charge in [0.2, 0.25) is 0 Å². The van der Waals surface area contributed by atoms with E-state index in [-0.39, 0.29) is 12.0 Å². The maximum absolute atomic E-state index is 12.2. The molecule has 0 N–H and O–H groups in total. The minimum atomic E-state index is 0.101. The number of ether oxygens (including phenoxy) is 1. The van der Waals surface area contributed by atoms with E-state index in [1.807, 2.05) is 42.2 Å². The number of nitrogens with zero attached hydrogens (tertiary/aromatic N) is 1. The van der Waals surface area contributed by atoms with E-state index in [9.17, 15) is 4.79 Å². The predicted molar refractivity (Wildman–Crippen MR) is 67.0 cm³/mol. The molecule has 1 atom stereocenters. The van der Waals surface area contributed by atoms with Crippen LogP contribution in [0.1, 0.15) is 30.1 Å². The molecule has 0 aliphatic carbocycles. The van der Waals surface area contributed by atoms with Crippen molar-refractivity contribution in [1.82, 2.24) is 4.90 Å². The molecule has 1 heterocycles. The third-order valence-corrected chi connectivity index (χ3v) is 3.14. The van der Waals surface area contributed by atoms with Gasteiger partial charge in [-0.25, -0.2) is 0 Å². The second-order valence-electron chi connectivity index (χ2n) is 4.34. The second-order valence-corrected chi connectivity index (χ2v) is 4.34. The van der Waals surface area contributed by atoms with Gasteiger partial charge in [-0.05, 0) is 31.9 Å². The Kier molecular flexibility index (Phi) is 4.15. The Balaban J connectivity index is 2.00. The summed E-state index contributed by atoms with van der Waals surface area (Å²) < 4.78 is 5.58. The quantitative estimate of drug-likeness (QED) is 0.798. The molecule has 1 amide bonds. The Bertz CT molecular complexity index is 358. The summed E-state index contributed by atoms with van der Waals surface area (Å²) >= 11 is 0. The lowest BCUT2D eigenvalue weighted by Gasteiger charge is -2.24. The summed E-state index contributed by atoms with van der Waals surface area (Å²) in [4.78, 5) is 14.1. The third kappa shape index (κ3) is 3.07. The van der Waals surface area contributed by atoms with Crippen molar-refractivity contribution in [1.29, 1.82) is 0 Å². The van der Waals surface area contributed by atoms with Gasteiger partial charge in [0.1, 0.15) is 0 Å². The Labute approximate surface area is 102 Å². The van der Waals surface area contributed by atoms with Crippen LogP contribution in [-0.4, -0.2) is 36.6 Å². The molecule has 1 saturated heterocycles. The van der Waals surface area contributed by atoms with Crippen molar-refractivity contribution in [2.24, 2.45) is 0 Å². The highest BCUT2D eigenvalue weighted by molar-refractivity contribution is 5.94. The smallest absolute Gasteiger partial charge is 0.253 e. The topological polar surface area (TPSA) is 29.5 Å². The van der Waals surface area contributed by atoms with E-state index >= 15 is 0 Å². The molecule has 0 radical (unpaired) electrons. The highest BCUT2D eigenvalue weighted by Gasteiger charge is 2.22. The van der Waals surface area contributed by atoms with Gasteiger partial charge in [0.25, 0.3) is 5.91 Å². The lowest BCUT2D eigenvalue weighted by Crippen LogP contribution is -2.37. The molecule has 1 aliphatic rings. The molecule has 3 nitrogen and oxygen atoms in total. The number of rotatable bonds is 4. The molecule has 1 aliphatic heterocycles. The zero-order valence-corrected chi connectivity index (χ0v) is 10.3. The van der Waals surface area contributed by atoms with Gasteiger partial charge in [0.05, 0.1) is 6.10 Å². The Hall–Kier alpha value is -1.35. The monoisotopic (exact) mass is 233 g/mol. The minimum Gasteiger partial charge on any atom is -0.376 e. The highest BCUT2D eigenvalue weighted by Crippen LogP contribution is 2.14. The molecule has 1 aromatic carbocycles. The van der Waals surface area contributed by atoms with Crippen LogP contribution in [0, 0.1) is 0 Å². The average Bonchev–Trinajstić information content (AvgIpc) is 2.89. The summed E-state index contributed by atoms with van der Waals surface area (Å²) in [6.07, 6.45) is 2.41. The van der Waals surface area contributed by atoms with Crippen molar-refractivity contribution in [2.75, 3.05) is 19.7 Å². The number of hydrogen-bond donors (Lipinski definition) is 0. The molecule has 3 heteroatoms. The molecule has 1 unspecified atom stereocenters. The largest absolute Gasteiger partial charge is 0.376 e. The molecule has 17 heavy (non-hydrogen) atoms. The minimum absolute atomic E-state index is 0.101. The number of amides is 1. The van der Waals surface area contributed by atoms with Crippen molar-refractivity contribution in [3.63, 3.8) is 0 Å². The number of likely N-dealkylation sites (N-methyl/N-ethyl adjacent to an activating group) is 1. The molecular weight excluding hydrogens is 214 g/mol. The first-order valence-electron chi connectivity index (χ1n) is 6.27. The predicted octanol–water partition coefficient (Wildman–Crippen LogP) is 2.33. The Morgan fingerprint density at radius 2 is 2.18 bits per heavy atom. The number of benzene rings is 1. The maximum atomic E-state index is 12.2. The summed E-state index contributed by atoms with van der Waals surface area (Å²) in [6.45, 7) is 4.29. The van der Waals surface area contributed by atoms with Crippen LogP contribution in [0.25, 0.3) is 0 Å². The molecule has 1 fully saturated rings. The molecule has 0 saturated carbocycles. The highest BCUT2D eigenvalue weighted by atomic mass is 16.5. The van der Waals surface area contributed by atoms with Crippen molar-refractivity contribution in [2.45, 2.75) is 25.9 Å². The van der Waals surface area contributed by atoms with E-state index in [1.165, 1.54) is 0 Å². The lowest BCUT2D eigenvalue weighted by atomic mass is 10.1. The summed E-state index contributed by atoms with van der Waals surface area (Å²) in [7, 11) is 0. The first-order valence-corrected chi connectivity index (χ1v) is 6.27. The number of carbonyl (C=O) groups excluding carboxylic acids is 1. The fourth-order valence-corrected chi connectivity index (χ4v) is 2.15. The van der Waals surface area contributed by atoms with Gasteiger partial charge in [0.15, 0.2) is 0 Å². The van der Waals surface area contributed by atoms with E-state index in [0.29, 0.717) is 6.54 Å². The van der Waals surface area contributed by atoms with Crippen LogP contribution in [0.2, 0.25) is 0 Å². The molecular formula is C14H19NO2. The molecule has 2 rings (SSSR count).